The van der Waals surface area contributed by atoms with Crippen LogP contribution in [0.5, 0.6) is 0 Å². The van der Waals surface area contributed by atoms with E-state index in [1.807, 2.05) is 13.8 Å². The molecule has 0 saturated heterocycles. The number of benzene rings is 1. The molecule has 0 aliphatic rings. The van der Waals surface area contributed by atoms with Crippen molar-refractivity contribution in [1.29, 1.82) is 0 Å². The molecular formula is C17H19NO5. The molecule has 1 atom stereocenters. The standard InChI is InChI=1S/C17H19NO5/c1-3-6-11(2)18-16(20)10-22-17(21)15-9-13(19)12-7-4-5-8-14(12)23-15/h4-5,7-9,11H,3,6,10H2,1-2H3,(H,18,20). The maximum absolute atomic E-state index is 11.9. The summed E-state index contributed by atoms with van der Waals surface area (Å²) in [6, 6.07) is 7.69. The van der Waals surface area contributed by atoms with Gasteiger partial charge in [-0.15, -0.1) is 0 Å². The van der Waals surface area contributed by atoms with E-state index in [-0.39, 0.29) is 23.1 Å². The van der Waals surface area contributed by atoms with E-state index in [4.69, 9.17) is 9.15 Å². The molecule has 6 nitrogen and oxygen atoms in total. The van der Waals surface area contributed by atoms with Crippen molar-refractivity contribution in [1.82, 2.24) is 5.32 Å². The fourth-order valence-electron chi connectivity index (χ4n) is 2.23. The van der Waals surface area contributed by atoms with Crippen molar-refractivity contribution in [2.24, 2.45) is 0 Å². The summed E-state index contributed by atoms with van der Waals surface area (Å²) in [5.74, 6) is -1.45. The Bertz CT molecular complexity index is 765. The second-order valence-corrected chi connectivity index (χ2v) is 5.30. The van der Waals surface area contributed by atoms with Crippen LogP contribution in [0.1, 0.15) is 37.2 Å². The lowest BCUT2D eigenvalue weighted by molar-refractivity contribution is -0.124. The fraction of sp³-hybridized carbons (Fsp3) is 0.353. The number of ether oxygens (including phenoxy) is 1. The first-order valence-corrected chi connectivity index (χ1v) is 7.50. The van der Waals surface area contributed by atoms with Gasteiger partial charge in [0.2, 0.25) is 5.76 Å². The maximum Gasteiger partial charge on any atom is 0.374 e. The fourth-order valence-corrected chi connectivity index (χ4v) is 2.23. The molecule has 2 aromatic rings. The summed E-state index contributed by atoms with van der Waals surface area (Å²) >= 11 is 0. The Labute approximate surface area is 133 Å². The average molecular weight is 317 g/mol. The predicted molar refractivity (Wildman–Crippen MR) is 85.3 cm³/mol. The summed E-state index contributed by atoms with van der Waals surface area (Å²) in [5, 5.41) is 3.10. The molecule has 1 N–H and O–H groups in total. The molecule has 1 aromatic carbocycles. The van der Waals surface area contributed by atoms with E-state index in [2.05, 4.69) is 5.32 Å². The van der Waals surface area contributed by atoms with E-state index in [0.29, 0.717) is 11.0 Å². The van der Waals surface area contributed by atoms with Crippen LogP contribution in [0, 0.1) is 0 Å². The zero-order valence-electron chi connectivity index (χ0n) is 13.1. The number of rotatable bonds is 6. The summed E-state index contributed by atoms with van der Waals surface area (Å²) in [4.78, 5) is 35.5. The largest absolute Gasteiger partial charge is 0.450 e. The predicted octanol–water partition coefficient (Wildman–Crippen LogP) is 2.25. The van der Waals surface area contributed by atoms with E-state index in [9.17, 15) is 14.4 Å². The molecule has 1 aromatic heterocycles. The topological polar surface area (TPSA) is 85.6 Å². The SMILES string of the molecule is CCCC(C)NC(=O)COC(=O)c1cc(=O)c2ccccc2o1. The van der Waals surface area contributed by atoms with Gasteiger partial charge in [-0.3, -0.25) is 9.59 Å². The van der Waals surface area contributed by atoms with Gasteiger partial charge in [0, 0.05) is 12.1 Å². The Kier molecular flexibility index (Phi) is 5.51. The Hall–Kier alpha value is -2.63. The normalized spacial score (nSPS) is 11.9. The van der Waals surface area contributed by atoms with Crippen molar-refractivity contribution in [3.05, 3.63) is 46.3 Å². The zero-order valence-corrected chi connectivity index (χ0v) is 13.1. The quantitative estimate of drug-likeness (QED) is 0.826. The Morgan fingerprint density at radius 1 is 1.30 bits per heavy atom. The van der Waals surface area contributed by atoms with Gasteiger partial charge in [-0.05, 0) is 25.5 Å². The summed E-state index contributed by atoms with van der Waals surface area (Å²) in [5.41, 5.74) is -0.0345. The first kappa shape index (κ1) is 16.7. The van der Waals surface area contributed by atoms with Crippen LogP contribution in [0.25, 0.3) is 11.0 Å². The summed E-state index contributed by atoms with van der Waals surface area (Å²) in [6.07, 6.45) is 1.79. The minimum absolute atomic E-state index is 0.0183. The third kappa shape index (κ3) is 4.42. The van der Waals surface area contributed by atoms with Crippen LogP contribution in [0.15, 0.2) is 39.5 Å². The van der Waals surface area contributed by atoms with Gasteiger partial charge in [-0.1, -0.05) is 25.5 Å². The molecule has 23 heavy (non-hydrogen) atoms. The molecule has 0 radical (unpaired) electrons. The molecular weight excluding hydrogens is 298 g/mol. The molecule has 0 aliphatic heterocycles. The number of amides is 1. The second-order valence-electron chi connectivity index (χ2n) is 5.30. The summed E-state index contributed by atoms with van der Waals surface area (Å²) < 4.78 is 10.2. The molecule has 1 amide bonds. The van der Waals surface area contributed by atoms with Crippen LogP contribution >= 0.6 is 0 Å². The molecule has 122 valence electrons. The lowest BCUT2D eigenvalue weighted by Crippen LogP contribution is -2.35. The van der Waals surface area contributed by atoms with E-state index >= 15 is 0 Å². The van der Waals surface area contributed by atoms with Gasteiger partial charge in [0.1, 0.15) is 5.58 Å². The van der Waals surface area contributed by atoms with Crippen LogP contribution in [0.2, 0.25) is 0 Å². The van der Waals surface area contributed by atoms with Gasteiger partial charge in [-0.2, -0.15) is 0 Å². The highest BCUT2D eigenvalue weighted by molar-refractivity contribution is 5.90. The van der Waals surface area contributed by atoms with Crippen molar-refractivity contribution in [3.63, 3.8) is 0 Å². The van der Waals surface area contributed by atoms with Crippen LogP contribution < -0.4 is 10.7 Å². The highest BCUT2D eigenvalue weighted by Gasteiger charge is 2.16. The average Bonchev–Trinajstić information content (AvgIpc) is 2.52. The molecule has 6 heteroatoms. The van der Waals surface area contributed by atoms with Crippen LogP contribution in [-0.4, -0.2) is 24.5 Å². The van der Waals surface area contributed by atoms with Crippen LogP contribution in [-0.2, 0) is 9.53 Å². The first-order valence-electron chi connectivity index (χ1n) is 7.50. The lowest BCUT2D eigenvalue weighted by atomic mass is 10.2. The second kappa shape index (κ2) is 7.58. The number of hydrogen-bond donors (Lipinski definition) is 1. The number of nitrogens with one attached hydrogen (secondary N) is 1. The van der Waals surface area contributed by atoms with Crippen molar-refractivity contribution in [2.45, 2.75) is 32.7 Å². The number of esters is 1. The molecule has 1 unspecified atom stereocenters. The minimum atomic E-state index is -0.842. The number of para-hydroxylation sites is 1. The Morgan fingerprint density at radius 2 is 2.04 bits per heavy atom. The van der Waals surface area contributed by atoms with E-state index < -0.39 is 12.6 Å². The monoisotopic (exact) mass is 317 g/mol. The number of carbonyl (C=O) groups is 2. The third-order valence-electron chi connectivity index (χ3n) is 3.30. The van der Waals surface area contributed by atoms with Gasteiger partial charge in [0.15, 0.2) is 12.0 Å². The highest BCUT2D eigenvalue weighted by atomic mass is 16.5. The van der Waals surface area contributed by atoms with Gasteiger partial charge in [0.25, 0.3) is 5.91 Å². The number of fused-ring (bicyclic) bond motifs is 1. The summed E-state index contributed by atoms with van der Waals surface area (Å²) in [7, 11) is 0. The molecule has 0 saturated carbocycles. The first-order chi connectivity index (χ1) is 11.0. The third-order valence-corrected chi connectivity index (χ3v) is 3.30. The minimum Gasteiger partial charge on any atom is -0.450 e. The highest BCUT2D eigenvalue weighted by Crippen LogP contribution is 2.12. The smallest absolute Gasteiger partial charge is 0.374 e. The molecule has 0 aliphatic carbocycles. The van der Waals surface area contributed by atoms with Gasteiger partial charge >= 0.3 is 5.97 Å². The van der Waals surface area contributed by atoms with Gasteiger partial charge < -0.3 is 14.5 Å². The number of hydrogen-bond acceptors (Lipinski definition) is 5. The van der Waals surface area contributed by atoms with Crippen LogP contribution in [0.3, 0.4) is 0 Å². The van der Waals surface area contributed by atoms with E-state index in [1.165, 1.54) is 0 Å². The Balaban J connectivity index is 2.01. The summed E-state index contributed by atoms with van der Waals surface area (Å²) in [6.45, 7) is 3.49. The van der Waals surface area contributed by atoms with Crippen molar-refractivity contribution >= 4 is 22.8 Å². The van der Waals surface area contributed by atoms with Gasteiger partial charge in [-0.25, -0.2) is 4.79 Å². The van der Waals surface area contributed by atoms with Crippen molar-refractivity contribution in [3.8, 4) is 0 Å². The maximum atomic E-state index is 11.9. The molecule has 1 heterocycles. The van der Waals surface area contributed by atoms with Crippen molar-refractivity contribution < 1.29 is 18.7 Å². The van der Waals surface area contributed by atoms with Crippen molar-refractivity contribution in [2.75, 3.05) is 6.61 Å². The number of carbonyl (C=O) groups excluding carboxylic acids is 2. The zero-order chi connectivity index (χ0) is 16.8. The molecule has 0 spiro atoms. The lowest BCUT2D eigenvalue weighted by Gasteiger charge is -2.12. The molecule has 0 bridgehead atoms. The van der Waals surface area contributed by atoms with E-state index in [1.54, 1.807) is 24.3 Å². The van der Waals surface area contributed by atoms with Gasteiger partial charge in [0.05, 0.1) is 5.39 Å². The van der Waals surface area contributed by atoms with E-state index in [0.717, 1.165) is 18.9 Å². The Morgan fingerprint density at radius 3 is 2.78 bits per heavy atom. The molecule has 2 rings (SSSR count). The van der Waals surface area contributed by atoms with Crippen LogP contribution in [0.4, 0.5) is 0 Å². The molecule has 0 fully saturated rings.